The molecule has 1 aromatic rings. The largest absolute Gasteiger partial charge is 0.477 e. The third-order valence-corrected chi connectivity index (χ3v) is 4.15. The Morgan fingerprint density at radius 3 is 2.47 bits per heavy atom. The molecule has 3 nitrogen and oxygen atoms in total. The van der Waals surface area contributed by atoms with Crippen LogP contribution < -0.4 is 0 Å². The number of rotatable bonds is 5. The van der Waals surface area contributed by atoms with Crippen LogP contribution in [0, 0.1) is 17.8 Å². The molecule has 0 unspecified atom stereocenters. The van der Waals surface area contributed by atoms with Crippen LogP contribution in [0.3, 0.4) is 0 Å². The summed E-state index contributed by atoms with van der Waals surface area (Å²) in [7, 11) is 0. The fourth-order valence-corrected chi connectivity index (χ4v) is 2.98. The lowest BCUT2D eigenvalue weighted by Gasteiger charge is -2.17. The van der Waals surface area contributed by atoms with E-state index in [9.17, 15) is 4.79 Å². The van der Waals surface area contributed by atoms with Crippen LogP contribution in [0.2, 0.25) is 5.02 Å². The van der Waals surface area contributed by atoms with Gasteiger partial charge in [-0.25, -0.2) is 4.79 Å². The Morgan fingerprint density at radius 1 is 1.41 bits per heavy atom. The van der Waals surface area contributed by atoms with Crippen molar-refractivity contribution in [2.45, 2.75) is 32.2 Å². The summed E-state index contributed by atoms with van der Waals surface area (Å²) in [6, 6.07) is 1.54. The molecule has 2 fully saturated rings. The molecule has 1 aromatic heterocycles. The summed E-state index contributed by atoms with van der Waals surface area (Å²) in [6.45, 7) is 0.823. The van der Waals surface area contributed by atoms with E-state index in [0.717, 1.165) is 18.4 Å². The van der Waals surface area contributed by atoms with Crippen molar-refractivity contribution in [3.8, 4) is 0 Å². The summed E-state index contributed by atoms with van der Waals surface area (Å²) in [5.41, 5.74) is 0.321. The molecule has 0 bridgehead atoms. The standard InChI is InChI=1S/C13H16ClNO2/c14-10-5-12(13(16)17)15(6-10)7-11(8-1-2-8)9-3-4-9/h5-6,8-9,11H,1-4,7H2,(H,16,17). The molecule has 17 heavy (non-hydrogen) atoms. The van der Waals surface area contributed by atoms with Gasteiger partial charge in [0.05, 0.1) is 5.02 Å². The summed E-state index contributed by atoms with van der Waals surface area (Å²) < 4.78 is 1.83. The van der Waals surface area contributed by atoms with Crippen LogP contribution in [-0.4, -0.2) is 15.6 Å². The summed E-state index contributed by atoms with van der Waals surface area (Å²) >= 11 is 5.90. The van der Waals surface area contributed by atoms with Gasteiger partial charge in [0.2, 0.25) is 0 Å². The van der Waals surface area contributed by atoms with E-state index in [0.29, 0.717) is 16.6 Å². The van der Waals surface area contributed by atoms with Crippen LogP contribution in [-0.2, 0) is 6.54 Å². The Hall–Kier alpha value is -0.960. The Morgan fingerprint density at radius 2 is 2.00 bits per heavy atom. The van der Waals surface area contributed by atoms with E-state index >= 15 is 0 Å². The number of aromatic carboxylic acids is 1. The van der Waals surface area contributed by atoms with Crippen LogP contribution in [0.15, 0.2) is 12.3 Å². The van der Waals surface area contributed by atoms with Gasteiger partial charge in [-0.2, -0.15) is 0 Å². The second-order valence-electron chi connectivity index (χ2n) is 5.34. The van der Waals surface area contributed by atoms with Crippen LogP contribution in [0.5, 0.6) is 0 Å². The number of carboxylic acid groups (broad SMARTS) is 1. The van der Waals surface area contributed by atoms with Gasteiger partial charge in [0.25, 0.3) is 0 Å². The molecule has 0 aromatic carbocycles. The van der Waals surface area contributed by atoms with Gasteiger partial charge in [0.1, 0.15) is 5.69 Å². The number of halogens is 1. The molecule has 1 heterocycles. The van der Waals surface area contributed by atoms with Crippen LogP contribution in [0.25, 0.3) is 0 Å². The van der Waals surface area contributed by atoms with Gasteiger partial charge in [-0.1, -0.05) is 11.6 Å². The lowest BCUT2D eigenvalue weighted by Crippen LogP contribution is -2.17. The monoisotopic (exact) mass is 253 g/mol. The minimum Gasteiger partial charge on any atom is -0.477 e. The number of aromatic nitrogens is 1. The molecule has 92 valence electrons. The molecule has 0 aliphatic heterocycles. The van der Waals surface area contributed by atoms with Crippen LogP contribution in [0.1, 0.15) is 36.2 Å². The highest BCUT2D eigenvalue weighted by atomic mass is 35.5. The van der Waals surface area contributed by atoms with E-state index in [1.165, 1.54) is 25.7 Å². The first-order chi connectivity index (χ1) is 8.15. The zero-order chi connectivity index (χ0) is 12.0. The second kappa shape index (κ2) is 4.05. The lowest BCUT2D eigenvalue weighted by atomic mass is 9.98. The van der Waals surface area contributed by atoms with Crippen molar-refractivity contribution >= 4 is 17.6 Å². The van der Waals surface area contributed by atoms with E-state index in [-0.39, 0.29) is 0 Å². The predicted molar refractivity (Wildman–Crippen MR) is 65.3 cm³/mol. The Labute approximate surface area is 105 Å². The molecule has 3 rings (SSSR count). The zero-order valence-electron chi connectivity index (χ0n) is 9.60. The summed E-state index contributed by atoms with van der Waals surface area (Å²) in [4.78, 5) is 11.1. The lowest BCUT2D eigenvalue weighted by molar-refractivity contribution is 0.0683. The topological polar surface area (TPSA) is 42.2 Å². The van der Waals surface area contributed by atoms with Crippen molar-refractivity contribution in [1.82, 2.24) is 4.57 Å². The fraction of sp³-hybridized carbons (Fsp3) is 0.615. The smallest absolute Gasteiger partial charge is 0.352 e. The highest BCUT2D eigenvalue weighted by Crippen LogP contribution is 2.50. The number of carbonyl (C=O) groups is 1. The first kappa shape index (κ1) is 11.1. The van der Waals surface area contributed by atoms with Crippen molar-refractivity contribution in [2.75, 3.05) is 0 Å². The molecular weight excluding hydrogens is 238 g/mol. The quantitative estimate of drug-likeness (QED) is 0.875. The average Bonchev–Trinajstić information content (AvgIpc) is 3.14. The molecule has 4 heteroatoms. The first-order valence-electron chi connectivity index (χ1n) is 6.24. The second-order valence-corrected chi connectivity index (χ2v) is 5.78. The number of hydrogen-bond donors (Lipinski definition) is 1. The van der Waals surface area contributed by atoms with Crippen molar-refractivity contribution in [2.24, 2.45) is 17.8 Å². The van der Waals surface area contributed by atoms with Gasteiger partial charge >= 0.3 is 5.97 Å². The van der Waals surface area contributed by atoms with E-state index in [1.54, 1.807) is 12.3 Å². The molecule has 2 aliphatic rings. The number of carboxylic acids is 1. The maximum absolute atomic E-state index is 11.1. The van der Waals surface area contributed by atoms with E-state index in [4.69, 9.17) is 16.7 Å². The van der Waals surface area contributed by atoms with Crippen LogP contribution >= 0.6 is 11.6 Å². The Balaban J connectivity index is 1.80. The summed E-state index contributed by atoms with van der Waals surface area (Å²) in [6.07, 6.45) is 7.02. The molecule has 0 amide bonds. The Bertz CT molecular complexity index is 434. The van der Waals surface area contributed by atoms with Crippen molar-refractivity contribution in [3.63, 3.8) is 0 Å². The SMILES string of the molecule is O=C(O)c1cc(Cl)cn1CC(C1CC1)C1CC1. The molecule has 0 radical (unpaired) electrons. The molecule has 1 N–H and O–H groups in total. The Kier molecular flexibility index (Phi) is 2.66. The van der Waals surface area contributed by atoms with E-state index in [2.05, 4.69) is 0 Å². The fourth-order valence-electron chi connectivity index (χ4n) is 2.76. The van der Waals surface area contributed by atoms with Gasteiger partial charge in [-0.3, -0.25) is 0 Å². The third kappa shape index (κ3) is 2.34. The summed E-state index contributed by atoms with van der Waals surface area (Å²) in [5, 5.41) is 9.64. The van der Waals surface area contributed by atoms with Gasteiger partial charge in [0.15, 0.2) is 0 Å². The van der Waals surface area contributed by atoms with Crippen molar-refractivity contribution < 1.29 is 9.90 Å². The molecule has 2 saturated carbocycles. The molecule has 0 saturated heterocycles. The van der Waals surface area contributed by atoms with Crippen molar-refractivity contribution in [3.05, 3.63) is 23.0 Å². The third-order valence-electron chi connectivity index (χ3n) is 3.94. The minimum atomic E-state index is -0.887. The molecular formula is C13H16ClNO2. The zero-order valence-corrected chi connectivity index (χ0v) is 10.4. The first-order valence-corrected chi connectivity index (χ1v) is 6.62. The van der Waals surface area contributed by atoms with Crippen molar-refractivity contribution in [1.29, 1.82) is 0 Å². The summed E-state index contributed by atoms with van der Waals surface area (Å²) in [5.74, 6) is 1.43. The van der Waals surface area contributed by atoms with Gasteiger partial charge in [-0.15, -0.1) is 0 Å². The van der Waals surface area contributed by atoms with Gasteiger partial charge in [0, 0.05) is 12.7 Å². The average molecular weight is 254 g/mol. The molecule has 2 aliphatic carbocycles. The maximum Gasteiger partial charge on any atom is 0.352 e. The normalized spacial score (nSPS) is 19.9. The molecule has 0 spiro atoms. The van der Waals surface area contributed by atoms with Gasteiger partial charge in [-0.05, 0) is 49.5 Å². The highest BCUT2D eigenvalue weighted by molar-refractivity contribution is 6.30. The predicted octanol–water partition coefficient (Wildman–Crippen LogP) is 3.28. The maximum atomic E-state index is 11.1. The van der Waals surface area contributed by atoms with Gasteiger partial charge < -0.3 is 9.67 Å². The highest BCUT2D eigenvalue weighted by Gasteiger charge is 2.41. The number of nitrogens with zero attached hydrogens (tertiary/aromatic N) is 1. The number of hydrogen-bond acceptors (Lipinski definition) is 1. The minimum absolute atomic E-state index is 0.321. The van der Waals surface area contributed by atoms with Crippen LogP contribution in [0.4, 0.5) is 0 Å². The van der Waals surface area contributed by atoms with E-state index in [1.807, 2.05) is 4.57 Å². The van der Waals surface area contributed by atoms with E-state index < -0.39 is 5.97 Å². The molecule has 0 atom stereocenters.